The van der Waals surface area contributed by atoms with Gasteiger partial charge in [-0.2, -0.15) is 0 Å². The Morgan fingerprint density at radius 3 is 2.50 bits per heavy atom. The second-order valence-electron chi connectivity index (χ2n) is 6.01. The number of benzene rings is 2. The van der Waals surface area contributed by atoms with Crippen molar-refractivity contribution >= 4 is 32.6 Å². The van der Waals surface area contributed by atoms with Gasteiger partial charge in [-0.25, -0.2) is 13.2 Å². The number of hydrogen-bond acceptors (Lipinski definition) is 5. The average Bonchev–Trinajstić information content (AvgIpc) is 2.89. The molecule has 7 heteroatoms. The van der Waals surface area contributed by atoms with E-state index in [0.717, 1.165) is 6.07 Å². The summed E-state index contributed by atoms with van der Waals surface area (Å²) >= 11 is 0. The van der Waals surface area contributed by atoms with Gasteiger partial charge in [-0.3, -0.25) is 4.79 Å². The lowest BCUT2D eigenvalue weighted by molar-refractivity contribution is 0.0696. The van der Waals surface area contributed by atoms with Crippen LogP contribution in [0.1, 0.15) is 39.0 Å². The van der Waals surface area contributed by atoms with Crippen LogP contribution in [0, 0.1) is 6.92 Å². The first-order chi connectivity index (χ1) is 12.2. The van der Waals surface area contributed by atoms with Gasteiger partial charge in [0, 0.05) is 5.39 Å². The maximum atomic E-state index is 12.7. The van der Waals surface area contributed by atoms with E-state index in [4.69, 9.17) is 9.52 Å². The molecule has 0 unspecified atom stereocenters. The smallest absolute Gasteiger partial charge is 0.335 e. The van der Waals surface area contributed by atoms with Gasteiger partial charge in [0.05, 0.1) is 21.8 Å². The van der Waals surface area contributed by atoms with Gasteiger partial charge in [0.2, 0.25) is 0 Å². The molecule has 134 valence electrons. The topological polar surface area (TPSA) is 102 Å². The minimum absolute atomic E-state index is 0.0623. The van der Waals surface area contributed by atoms with Crippen LogP contribution in [0.5, 0.6) is 0 Å². The summed E-state index contributed by atoms with van der Waals surface area (Å²) in [5, 5.41) is 9.60. The van der Waals surface area contributed by atoms with Crippen LogP contribution in [0.15, 0.2) is 51.8 Å². The van der Waals surface area contributed by atoms with Gasteiger partial charge in [0.25, 0.3) is 0 Å². The molecule has 3 rings (SSSR count). The predicted octanol–water partition coefficient (Wildman–Crippen LogP) is 3.62. The van der Waals surface area contributed by atoms with Crippen molar-refractivity contribution in [2.75, 3.05) is 0 Å². The first-order valence-electron chi connectivity index (χ1n) is 7.78. The first kappa shape index (κ1) is 17.9. The predicted molar refractivity (Wildman–Crippen MR) is 95.2 cm³/mol. The van der Waals surface area contributed by atoms with Gasteiger partial charge in [-0.15, -0.1) is 0 Å². The number of ketones is 1. The van der Waals surface area contributed by atoms with Gasteiger partial charge in [0.1, 0.15) is 11.3 Å². The van der Waals surface area contributed by atoms with Crippen molar-refractivity contribution in [1.29, 1.82) is 0 Å². The molecule has 26 heavy (non-hydrogen) atoms. The summed E-state index contributed by atoms with van der Waals surface area (Å²) < 4.78 is 30.8. The highest BCUT2D eigenvalue weighted by Gasteiger charge is 2.20. The normalized spacial score (nSPS) is 11.6. The third-order valence-electron chi connectivity index (χ3n) is 4.08. The van der Waals surface area contributed by atoms with Crippen LogP contribution in [0.25, 0.3) is 11.0 Å². The number of rotatable bonds is 5. The van der Waals surface area contributed by atoms with Crippen molar-refractivity contribution in [3.63, 3.8) is 0 Å². The van der Waals surface area contributed by atoms with E-state index < -0.39 is 15.8 Å². The molecule has 0 aliphatic carbocycles. The summed E-state index contributed by atoms with van der Waals surface area (Å²) in [7, 11) is -3.74. The molecule has 0 fully saturated rings. The third kappa shape index (κ3) is 3.25. The fraction of sp³-hybridized carbons (Fsp3) is 0.158. The fourth-order valence-corrected chi connectivity index (χ4v) is 4.30. The number of furan rings is 1. The van der Waals surface area contributed by atoms with Gasteiger partial charge in [0.15, 0.2) is 15.6 Å². The molecule has 3 aromatic rings. The molecule has 1 aromatic heterocycles. The first-order valence-corrected chi connectivity index (χ1v) is 9.43. The molecule has 0 saturated carbocycles. The molecule has 0 atom stereocenters. The van der Waals surface area contributed by atoms with Crippen molar-refractivity contribution in [3.8, 4) is 0 Å². The number of Topliss-reactive ketones (excluding diaryl/α,β-unsaturated/α-hetero) is 1. The molecule has 1 N–H and O–H groups in total. The molecule has 0 saturated heterocycles. The fourth-order valence-electron chi connectivity index (χ4n) is 2.92. The minimum atomic E-state index is -3.74. The summed E-state index contributed by atoms with van der Waals surface area (Å²) in [6, 6.07) is 10.1. The van der Waals surface area contributed by atoms with Crippen molar-refractivity contribution in [2.45, 2.75) is 24.5 Å². The zero-order chi connectivity index (χ0) is 19.1. The Morgan fingerprint density at radius 2 is 1.85 bits per heavy atom. The Balaban J connectivity index is 2.02. The zero-order valence-electron chi connectivity index (χ0n) is 14.1. The number of fused-ring (bicyclic) bond motifs is 1. The van der Waals surface area contributed by atoms with Crippen LogP contribution >= 0.6 is 0 Å². The van der Waals surface area contributed by atoms with Crippen LogP contribution in [-0.4, -0.2) is 25.3 Å². The Hall–Kier alpha value is -2.93. The molecular formula is C19H16O6S. The highest BCUT2D eigenvalue weighted by Crippen LogP contribution is 2.28. The third-order valence-corrected chi connectivity index (χ3v) is 5.76. The molecule has 0 aliphatic rings. The van der Waals surface area contributed by atoms with E-state index >= 15 is 0 Å². The number of carboxylic acids is 1. The van der Waals surface area contributed by atoms with Crippen molar-refractivity contribution in [1.82, 2.24) is 0 Å². The van der Waals surface area contributed by atoms with E-state index in [1.807, 2.05) is 0 Å². The van der Waals surface area contributed by atoms with Gasteiger partial charge < -0.3 is 9.52 Å². The summed E-state index contributed by atoms with van der Waals surface area (Å²) in [6.07, 6.45) is 0. The largest absolute Gasteiger partial charge is 0.478 e. The van der Waals surface area contributed by atoms with E-state index in [1.54, 1.807) is 25.1 Å². The molecule has 0 spiro atoms. The van der Waals surface area contributed by atoms with Crippen LogP contribution in [-0.2, 0) is 15.6 Å². The van der Waals surface area contributed by atoms with Gasteiger partial charge >= 0.3 is 5.97 Å². The van der Waals surface area contributed by atoms with Crippen LogP contribution in [0.4, 0.5) is 0 Å². The minimum Gasteiger partial charge on any atom is -0.478 e. The van der Waals surface area contributed by atoms with Crippen LogP contribution in [0.2, 0.25) is 0 Å². The number of carbonyl (C=O) groups is 2. The Bertz CT molecular complexity index is 1140. The van der Waals surface area contributed by atoms with E-state index in [2.05, 4.69) is 0 Å². The molecule has 0 aliphatic heterocycles. The van der Waals surface area contributed by atoms with Crippen molar-refractivity contribution < 1.29 is 27.5 Å². The lowest BCUT2D eigenvalue weighted by Crippen LogP contribution is -2.07. The number of hydrogen-bond donors (Lipinski definition) is 1. The zero-order valence-corrected chi connectivity index (χ0v) is 15.0. The molecule has 6 nitrogen and oxygen atoms in total. The maximum Gasteiger partial charge on any atom is 0.335 e. The quantitative estimate of drug-likeness (QED) is 0.687. The number of aryl methyl sites for hydroxylation is 1. The Labute approximate surface area is 150 Å². The molecule has 0 bridgehead atoms. The average molecular weight is 372 g/mol. The van der Waals surface area contributed by atoms with E-state index in [9.17, 15) is 18.0 Å². The second-order valence-corrected chi connectivity index (χ2v) is 8.00. The van der Waals surface area contributed by atoms with Crippen molar-refractivity contribution in [2.24, 2.45) is 0 Å². The monoisotopic (exact) mass is 372 g/mol. The molecule has 2 aromatic carbocycles. The van der Waals surface area contributed by atoms with E-state index in [-0.39, 0.29) is 22.0 Å². The Kier molecular flexibility index (Phi) is 4.41. The maximum absolute atomic E-state index is 12.7. The van der Waals surface area contributed by atoms with Crippen molar-refractivity contribution in [3.05, 3.63) is 64.9 Å². The molecule has 0 amide bonds. The SMILES string of the molecule is CC(=O)c1c(C)oc2ccc(CS(=O)(=O)c3cccc(C(=O)O)c3)cc12. The molecule has 0 radical (unpaired) electrons. The molecular weight excluding hydrogens is 356 g/mol. The summed E-state index contributed by atoms with van der Waals surface area (Å²) in [5.41, 5.74) is 1.35. The summed E-state index contributed by atoms with van der Waals surface area (Å²) in [4.78, 5) is 22.8. The highest BCUT2D eigenvalue weighted by atomic mass is 32.2. The number of carboxylic acid groups (broad SMARTS) is 1. The molecule has 1 heterocycles. The second kappa shape index (κ2) is 6.42. The lowest BCUT2D eigenvalue weighted by Gasteiger charge is -2.06. The highest BCUT2D eigenvalue weighted by molar-refractivity contribution is 7.90. The van der Waals surface area contributed by atoms with Crippen LogP contribution in [0.3, 0.4) is 0 Å². The van der Waals surface area contributed by atoms with E-state index in [1.165, 1.54) is 25.1 Å². The Morgan fingerprint density at radius 1 is 1.12 bits per heavy atom. The van der Waals surface area contributed by atoms with Gasteiger partial charge in [-0.1, -0.05) is 12.1 Å². The number of aromatic carboxylic acids is 1. The summed E-state index contributed by atoms with van der Waals surface area (Å²) in [5.74, 6) is -1.17. The summed E-state index contributed by atoms with van der Waals surface area (Å²) in [6.45, 7) is 3.11. The number of sulfone groups is 1. The van der Waals surface area contributed by atoms with Gasteiger partial charge in [-0.05, 0) is 49.7 Å². The standard InChI is InChI=1S/C19H16O6S/c1-11(20)18-12(2)25-17-7-6-13(8-16(17)18)10-26(23,24)15-5-3-4-14(9-15)19(21)22/h3-9H,10H2,1-2H3,(H,21,22). The van der Waals surface area contributed by atoms with Crippen LogP contribution < -0.4 is 0 Å². The lowest BCUT2D eigenvalue weighted by atomic mass is 10.1. The number of carbonyl (C=O) groups excluding carboxylic acids is 1. The van der Waals surface area contributed by atoms with E-state index in [0.29, 0.717) is 27.9 Å².